The van der Waals surface area contributed by atoms with Crippen LogP contribution in [0.2, 0.25) is 0 Å². The Kier molecular flexibility index (Phi) is 9.96. The molecule has 0 aliphatic rings. The number of aromatic hydroxyl groups is 1. The average Bonchev–Trinajstić information content (AvgIpc) is 3.86. The number of fused-ring (bicyclic) bond motifs is 7. The van der Waals surface area contributed by atoms with E-state index in [0.717, 1.165) is 88.1 Å². The third kappa shape index (κ3) is 6.91. The Bertz CT molecular complexity index is 3610. The number of phenols is 1. The van der Waals surface area contributed by atoms with Gasteiger partial charge in [0.2, 0.25) is 0 Å². The van der Waals surface area contributed by atoms with Crippen molar-refractivity contribution in [1.82, 2.24) is 14.5 Å². The summed E-state index contributed by atoms with van der Waals surface area (Å²) in [6, 6.07) is 58.7. The van der Waals surface area contributed by atoms with Crippen LogP contribution in [-0.4, -0.2) is 19.6 Å². The predicted molar refractivity (Wildman–Crippen MR) is 261 cm³/mol. The van der Waals surface area contributed by atoms with E-state index < -0.39 is 0 Å². The molecule has 316 valence electrons. The molecular weight excluding hydrogens is 966 g/mol. The Morgan fingerprint density at radius 2 is 1.30 bits per heavy atom. The monoisotopic (exact) mass is 1010 g/mol. The van der Waals surface area contributed by atoms with Gasteiger partial charge >= 0.3 is 0 Å². The summed E-state index contributed by atoms with van der Waals surface area (Å²) in [6.07, 6.45) is 1.91. The van der Waals surface area contributed by atoms with Crippen molar-refractivity contribution in [3.63, 3.8) is 0 Å². The molecule has 11 rings (SSSR count). The van der Waals surface area contributed by atoms with E-state index in [9.17, 15) is 5.11 Å². The molecule has 0 unspecified atom stereocenters. The molecule has 0 aliphatic heterocycles. The standard InChI is InChI=1S/C58H46N3O2.Pt/c1-57(2,3)39-24-26-50(45(31-39)35-15-8-7-9-16-35)61-51-22-14-21-42(38-29-37-18-11-12-19-41(37)46(30-38)49-32-40(27-28-59-49)58(4,5)6)54(51)60-56(61)48-33-47-44-25-23-36-17-10-13-20-43(36)55(44)63-53(47)34-52(48)62;/h7-29,31-34,62H,1-6H3;/q-1;. The van der Waals surface area contributed by atoms with Crippen molar-refractivity contribution in [2.24, 2.45) is 0 Å². The molecule has 3 aromatic heterocycles. The van der Waals surface area contributed by atoms with E-state index in [2.05, 4.69) is 186 Å². The van der Waals surface area contributed by atoms with Crippen molar-refractivity contribution in [2.75, 3.05) is 0 Å². The number of hydrogen-bond acceptors (Lipinski definition) is 4. The molecule has 0 spiro atoms. The van der Waals surface area contributed by atoms with Gasteiger partial charge < -0.3 is 9.52 Å². The number of nitrogens with zero attached hydrogens (tertiary/aromatic N) is 3. The van der Waals surface area contributed by atoms with Crippen molar-refractivity contribution < 1.29 is 30.6 Å². The SMILES string of the molecule is CC(C)(C)c1ccnc(-c2[c-]c(-c3cccc4c3nc(-c3cc5c(cc3O)oc3c6ccccc6ccc53)n4-c3ccc(C(C)(C)C)cc3-c3ccccc3)cc3ccccc23)c1.[Pt]. The number of para-hydroxylation sites is 1. The van der Waals surface area contributed by atoms with E-state index in [4.69, 9.17) is 14.4 Å². The zero-order chi connectivity index (χ0) is 43.2. The minimum atomic E-state index is -0.0875. The number of imidazole rings is 1. The maximum Gasteiger partial charge on any atom is 0.148 e. The Labute approximate surface area is 387 Å². The number of benzene rings is 8. The second-order valence-corrected chi connectivity index (χ2v) is 18.7. The Morgan fingerprint density at radius 1 is 0.578 bits per heavy atom. The smallest absolute Gasteiger partial charge is 0.148 e. The van der Waals surface area contributed by atoms with Gasteiger partial charge in [-0.25, -0.2) is 4.98 Å². The molecule has 0 saturated carbocycles. The van der Waals surface area contributed by atoms with E-state index in [1.807, 2.05) is 24.4 Å². The molecule has 11 aromatic rings. The molecule has 0 bridgehead atoms. The molecule has 0 fully saturated rings. The van der Waals surface area contributed by atoms with E-state index in [0.29, 0.717) is 17.0 Å². The molecule has 0 saturated heterocycles. The first-order chi connectivity index (χ1) is 30.4. The van der Waals surface area contributed by atoms with Crippen LogP contribution in [0.3, 0.4) is 0 Å². The fourth-order valence-electron chi connectivity index (χ4n) is 9.13. The van der Waals surface area contributed by atoms with Crippen molar-refractivity contribution in [1.29, 1.82) is 0 Å². The van der Waals surface area contributed by atoms with Gasteiger partial charge in [-0.05, 0) is 69.3 Å². The summed E-state index contributed by atoms with van der Waals surface area (Å²) in [4.78, 5) is 10.5. The normalized spacial score (nSPS) is 12.2. The number of hydrogen-bond donors (Lipinski definition) is 1. The molecule has 0 aliphatic carbocycles. The van der Waals surface area contributed by atoms with Gasteiger partial charge in [0.05, 0.1) is 22.3 Å². The van der Waals surface area contributed by atoms with Crippen LogP contribution in [0.25, 0.3) is 105 Å². The van der Waals surface area contributed by atoms with E-state index in [1.54, 1.807) is 6.07 Å². The fourth-order valence-corrected chi connectivity index (χ4v) is 9.13. The molecule has 5 nitrogen and oxygen atoms in total. The van der Waals surface area contributed by atoms with Crippen LogP contribution >= 0.6 is 0 Å². The molecule has 8 aromatic carbocycles. The third-order valence-electron chi connectivity index (χ3n) is 12.6. The summed E-state index contributed by atoms with van der Waals surface area (Å²) in [7, 11) is 0. The molecular formula is C58H46N3O2Pt-. The Balaban J connectivity index is 0.00000484. The summed E-state index contributed by atoms with van der Waals surface area (Å²) in [6.45, 7) is 13.4. The first kappa shape index (κ1) is 41.2. The second-order valence-electron chi connectivity index (χ2n) is 18.7. The molecule has 0 atom stereocenters. The maximum absolute atomic E-state index is 12.2. The van der Waals surface area contributed by atoms with Crippen LogP contribution in [0.15, 0.2) is 168 Å². The molecule has 1 N–H and O–H groups in total. The van der Waals surface area contributed by atoms with Crippen LogP contribution in [0.1, 0.15) is 52.7 Å². The average molecular weight is 1010 g/mol. The van der Waals surface area contributed by atoms with Gasteiger partial charge in [-0.1, -0.05) is 173 Å². The molecule has 64 heavy (non-hydrogen) atoms. The third-order valence-corrected chi connectivity index (χ3v) is 12.6. The van der Waals surface area contributed by atoms with E-state index in [-0.39, 0.29) is 37.6 Å². The molecule has 0 amide bonds. The van der Waals surface area contributed by atoms with Crippen LogP contribution in [0.4, 0.5) is 0 Å². The summed E-state index contributed by atoms with van der Waals surface area (Å²) >= 11 is 0. The second kappa shape index (κ2) is 15.5. The van der Waals surface area contributed by atoms with E-state index >= 15 is 0 Å². The fraction of sp³-hybridized carbons (Fsp3) is 0.138. The van der Waals surface area contributed by atoms with Crippen LogP contribution in [0, 0.1) is 6.07 Å². The van der Waals surface area contributed by atoms with Crippen molar-refractivity contribution in [3.05, 3.63) is 181 Å². The summed E-state index contributed by atoms with van der Waals surface area (Å²) in [5, 5.41) is 18.3. The first-order valence-corrected chi connectivity index (χ1v) is 21.6. The quantitative estimate of drug-likeness (QED) is 0.175. The largest absolute Gasteiger partial charge is 0.507 e. The minimum absolute atomic E-state index is 0. The van der Waals surface area contributed by atoms with Crippen molar-refractivity contribution in [2.45, 2.75) is 52.4 Å². The van der Waals surface area contributed by atoms with Gasteiger partial charge in [0, 0.05) is 60.7 Å². The van der Waals surface area contributed by atoms with Crippen LogP contribution in [-0.2, 0) is 31.9 Å². The zero-order valence-corrected chi connectivity index (χ0v) is 38.9. The van der Waals surface area contributed by atoms with Crippen molar-refractivity contribution >= 4 is 54.5 Å². The zero-order valence-electron chi connectivity index (χ0n) is 36.6. The maximum atomic E-state index is 12.2. The summed E-state index contributed by atoms with van der Waals surface area (Å²) in [5.74, 6) is 0.703. The molecule has 6 heteroatoms. The molecule has 3 heterocycles. The van der Waals surface area contributed by atoms with Crippen molar-refractivity contribution in [3.8, 4) is 56.3 Å². The van der Waals surface area contributed by atoms with Gasteiger partial charge in [-0.15, -0.1) is 17.7 Å². The summed E-state index contributed by atoms with van der Waals surface area (Å²) < 4.78 is 8.75. The van der Waals surface area contributed by atoms with Gasteiger partial charge in [0.1, 0.15) is 22.7 Å². The number of pyridine rings is 1. The topological polar surface area (TPSA) is 64.1 Å². The first-order valence-electron chi connectivity index (χ1n) is 21.6. The number of phenolic OH excluding ortho intramolecular Hbond substituents is 1. The number of furan rings is 1. The number of rotatable bonds is 5. The van der Waals surface area contributed by atoms with Crippen LogP contribution < -0.4 is 0 Å². The predicted octanol–water partition coefficient (Wildman–Crippen LogP) is 15.4. The Hall–Kier alpha value is -6.81. The minimum Gasteiger partial charge on any atom is -0.507 e. The molecule has 0 radical (unpaired) electrons. The van der Waals surface area contributed by atoms with Gasteiger partial charge in [0.15, 0.2) is 0 Å². The number of aromatic nitrogens is 3. The van der Waals surface area contributed by atoms with Gasteiger partial charge in [-0.2, -0.15) is 0 Å². The summed E-state index contributed by atoms with van der Waals surface area (Å²) in [5.41, 5.74) is 12.8. The van der Waals surface area contributed by atoms with Gasteiger partial charge in [0.25, 0.3) is 0 Å². The van der Waals surface area contributed by atoms with Gasteiger partial charge in [-0.3, -0.25) is 9.55 Å². The van der Waals surface area contributed by atoms with E-state index in [1.165, 1.54) is 11.1 Å². The van der Waals surface area contributed by atoms with Crippen LogP contribution in [0.5, 0.6) is 5.75 Å². The Morgan fingerprint density at radius 3 is 2.08 bits per heavy atom.